The third-order valence-electron chi connectivity index (χ3n) is 3.92. The van der Waals surface area contributed by atoms with Crippen LogP contribution in [0.4, 0.5) is 10.8 Å². The number of anilines is 1. The highest BCUT2D eigenvalue weighted by Gasteiger charge is 2.19. The average Bonchev–Trinajstić information content (AvgIpc) is 3.21. The maximum atomic E-state index is 12.5. The largest absolute Gasteiger partial charge is 0.497 e. The van der Waals surface area contributed by atoms with Gasteiger partial charge in [0, 0.05) is 28.6 Å². The molecule has 1 heterocycles. The molecule has 0 saturated carbocycles. The Morgan fingerprint density at radius 3 is 2.41 bits per heavy atom. The first-order valence-electron chi connectivity index (χ1n) is 8.20. The van der Waals surface area contributed by atoms with E-state index < -0.39 is 22.5 Å². The quantitative estimate of drug-likeness (QED) is 0.371. The number of non-ortho nitro benzene ring substituents is 1. The number of carbonyl (C=O) groups is 2. The van der Waals surface area contributed by atoms with E-state index in [1.54, 1.807) is 24.6 Å². The second-order valence-corrected chi connectivity index (χ2v) is 6.60. The molecule has 0 aliphatic heterocycles. The van der Waals surface area contributed by atoms with Gasteiger partial charge >= 0.3 is 5.97 Å². The zero-order valence-electron chi connectivity index (χ0n) is 15.4. The summed E-state index contributed by atoms with van der Waals surface area (Å²) >= 11 is 1.20. The number of esters is 1. The van der Waals surface area contributed by atoms with Gasteiger partial charge in [-0.25, -0.2) is 9.78 Å². The standard InChI is InChI=1S/C19H15N3O6S/c1-27-15-5-3-11(4-6-15)16-10-29-19(20-16)21-17(23)12-7-13(18(24)28-2)9-14(8-12)22(25)26/h3-10H,1-2H3,(H,20,21,23). The molecule has 0 unspecified atom stereocenters. The van der Waals surface area contributed by atoms with Crippen LogP contribution in [0, 0.1) is 10.1 Å². The smallest absolute Gasteiger partial charge is 0.338 e. The molecule has 2 aromatic carbocycles. The highest BCUT2D eigenvalue weighted by molar-refractivity contribution is 7.14. The number of nitro benzene ring substituents is 1. The van der Waals surface area contributed by atoms with Gasteiger partial charge in [-0.05, 0) is 30.3 Å². The number of hydrogen-bond acceptors (Lipinski definition) is 8. The molecule has 0 spiro atoms. The number of rotatable bonds is 6. The molecule has 0 atom stereocenters. The fourth-order valence-electron chi connectivity index (χ4n) is 2.48. The first-order valence-corrected chi connectivity index (χ1v) is 9.08. The zero-order valence-corrected chi connectivity index (χ0v) is 16.2. The zero-order chi connectivity index (χ0) is 21.0. The second kappa shape index (κ2) is 8.48. The maximum Gasteiger partial charge on any atom is 0.338 e. The minimum atomic E-state index is -0.779. The summed E-state index contributed by atoms with van der Waals surface area (Å²) in [6.45, 7) is 0. The van der Waals surface area contributed by atoms with E-state index in [0.29, 0.717) is 16.6 Å². The predicted molar refractivity (Wildman–Crippen MR) is 106 cm³/mol. The van der Waals surface area contributed by atoms with Crippen molar-refractivity contribution in [3.05, 3.63) is 69.1 Å². The molecule has 0 aliphatic carbocycles. The summed E-state index contributed by atoms with van der Waals surface area (Å²) in [4.78, 5) is 39.0. The first kappa shape index (κ1) is 20.0. The van der Waals surface area contributed by atoms with Crippen LogP contribution in [0.3, 0.4) is 0 Å². The molecule has 148 valence electrons. The Kier molecular flexibility index (Phi) is 5.84. The van der Waals surface area contributed by atoms with Crippen LogP contribution < -0.4 is 10.1 Å². The number of nitro groups is 1. The van der Waals surface area contributed by atoms with Crippen LogP contribution in [0.2, 0.25) is 0 Å². The molecule has 1 amide bonds. The minimum absolute atomic E-state index is 0.0548. The molecule has 1 N–H and O–H groups in total. The number of hydrogen-bond donors (Lipinski definition) is 1. The lowest BCUT2D eigenvalue weighted by molar-refractivity contribution is -0.384. The average molecular weight is 413 g/mol. The Balaban J connectivity index is 1.83. The summed E-state index contributed by atoms with van der Waals surface area (Å²) in [5, 5.41) is 15.8. The molecular weight excluding hydrogens is 398 g/mol. The highest BCUT2D eigenvalue weighted by atomic mass is 32.1. The van der Waals surface area contributed by atoms with Crippen LogP contribution in [-0.4, -0.2) is 36.0 Å². The van der Waals surface area contributed by atoms with Crippen molar-refractivity contribution in [1.29, 1.82) is 0 Å². The number of methoxy groups -OCH3 is 2. The Morgan fingerprint density at radius 2 is 1.79 bits per heavy atom. The van der Waals surface area contributed by atoms with E-state index >= 15 is 0 Å². The van der Waals surface area contributed by atoms with Crippen molar-refractivity contribution >= 4 is 34.0 Å². The van der Waals surface area contributed by atoms with Crippen LogP contribution in [0.15, 0.2) is 47.8 Å². The van der Waals surface area contributed by atoms with Gasteiger partial charge < -0.3 is 9.47 Å². The van der Waals surface area contributed by atoms with Crippen molar-refractivity contribution in [2.45, 2.75) is 0 Å². The van der Waals surface area contributed by atoms with E-state index in [9.17, 15) is 19.7 Å². The molecule has 29 heavy (non-hydrogen) atoms. The Morgan fingerprint density at radius 1 is 1.10 bits per heavy atom. The first-order chi connectivity index (χ1) is 13.9. The van der Waals surface area contributed by atoms with Gasteiger partial charge in [0.2, 0.25) is 0 Å². The van der Waals surface area contributed by atoms with Crippen molar-refractivity contribution in [2.75, 3.05) is 19.5 Å². The SMILES string of the molecule is COC(=O)c1cc(C(=O)Nc2nc(-c3ccc(OC)cc3)cs2)cc([N+](=O)[O-])c1. The van der Waals surface area contributed by atoms with E-state index in [0.717, 1.165) is 24.8 Å². The third-order valence-corrected chi connectivity index (χ3v) is 4.68. The molecule has 1 aromatic heterocycles. The van der Waals surface area contributed by atoms with E-state index in [-0.39, 0.29) is 11.1 Å². The van der Waals surface area contributed by atoms with E-state index in [4.69, 9.17) is 4.74 Å². The van der Waals surface area contributed by atoms with Crippen molar-refractivity contribution in [3.63, 3.8) is 0 Å². The molecule has 0 bridgehead atoms. The van der Waals surface area contributed by atoms with Gasteiger partial charge in [0.1, 0.15) is 5.75 Å². The number of nitrogens with one attached hydrogen (secondary N) is 1. The van der Waals surface area contributed by atoms with E-state index in [1.165, 1.54) is 17.4 Å². The number of carbonyl (C=O) groups excluding carboxylic acids is 2. The van der Waals surface area contributed by atoms with Gasteiger partial charge in [0.15, 0.2) is 5.13 Å². The van der Waals surface area contributed by atoms with Crippen LogP contribution in [0.25, 0.3) is 11.3 Å². The number of aromatic nitrogens is 1. The van der Waals surface area contributed by atoms with Crippen LogP contribution in [-0.2, 0) is 4.74 Å². The van der Waals surface area contributed by atoms with Crippen LogP contribution in [0.1, 0.15) is 20.7 Å². The topological polar surface area (TPSA) is 121 Å². The van der Waals surface area contributed by atoms with Gasteiger partial charge in [-0.1, -0.05) is 0 Å². The predicted octanol–water partition coefficient (Wildman–Crippen LogP) is 3.77. The molecular formula is C19H15N3O6S. The van der Waals surface area contributed by atoms with Crippen molar-refractivity contribution in [3.8, 4) is 17.0 Å². The van der Waals surface area contributed by atoms with Gasteiger partial charge in [0.25, 0.3) is 11.6 Å². The fourth-order valence-corrected chi connectivity index (χ4v) is 3.19. The third kappa shape index (κ3) is 4.55. The van der Waals surface area contributed by atoms with Gasteiger partial charge in [-0.3, -0.25) is 20.2 Å². The lowest BCUT2D eigenvalue weighted by atomic mass is 10.1. The summed E-state index contributed by atoms with van der Waals surface area (Å²) in [5.74, 6) is -0.696. The summed E-state index contributed by atoms with van der Waals surface area (Å²) in [7, 11) is 2.72. The lowest BCUT2D eigenvalue weighted by Gasteiger charge is -2.05. The van der Waals surface area contributed by atoms with Gasteiger partial charge in [0.05, 0.1) is 30.4 Å². The van der Waals surface area contributed by atoms with Gasteiger partial charge in [-0.2, -0.15) is 0 Å². The number of benzene rings is 2. The Labute approximate surface area is 169 Å². The monoisotopic (exact) mass is 413 g/mol. The molecule has 0 fully saturated rings. The van der Waals surface area contributed by atoms with Crippen molar-refractivity contribution in [1.82, 2.24) is 4.98 Å². The summed E-state index contributed by atoms with van der Waals surface area (Å²) in [5.41, 5.74) is 0.954. The minimum Gasteiger partial charge on any atom is -0.497 e. The Bertz CT molecular complexity index is 1080. The van der Waals surface area contributed by atoms with Crippen molar-refractivity contribution in [2.24, 2.45) is 0 Å². The summed E-state index contributed by atoms with van der Waals surface area (Å²) in [6.07, 6.45) is 0. The highest BCUT2D eigenvalue weighted by Crippen LogP contribution is 2.27. The fraction of sp³-hybridized carbons (Fsp3) is 0.105. The molecule has 0 saturated heterocycles. The van der Waals surface area contributed by atoms with E-state index in [2.05, 4.69) is 15.0 Å². The number of nitrogens with zero attached hydrogens (tertiary/aromatic N) is 2. The Hall–Kier alpha value is -3.79. The molecule has 3 aromatic rings. The number of amides is 1. The summed E-state index contributed by atoms with van der Waals surface area (Å²) in [6, 6.07) is 10.6. The van der Waals surface area contributed by atoms with E-state index in [1.807, 2.05) is 12.1 Å². The maximum absolute atomic E-state index is 12.5. The lowest BCUT2D eigenvalue weighted by Crippen LogP contribution is -2.13. The van der Waals surface area contributed by atoms with Gasteiger partial charge in [-0.15, -0.1) is 11.3 Å². The normalized spacial score (nSPS) is 10.3. The van der Waals surface area contributed by atoms with Crippen molar-refractivity contribution < 1.29 is 24.0 Å². The second-order valence-electron chi connectivity index (χ2n) is 5.74. The molecule has 9 nitrogen and oxygen atoms in total. The summed E-state index contributed by atoms with van der Waals surface area (Å²) < 4.78 is 9.70. The molecule has 10 heteroatoms. The number of ether oxygens (including phenoxy) is 2. The van der Waals surface area contributed by atoms with Crippen LogP contribution >= 0.6 is 11.3 Å². The number of thiazole rings is 1. The molecule has 3 rings (SSSR count). The van der Waals surface area contributed by atoms with Crippen LogP contribution in [0.5, 0.6) is 5.75 Å². The molecule has 0 radical (unpaired) electrons. The molecule has 0 aliphatic rings.